The van der Waals surface area contributed by atoms with Crippen LogP contribution in [0.4, 0.5) is 0 Å². The van der Waals surface area contributed by atoms with Gasteiger partial charge in [-0.15, -0.1) is 0 Å². The molecule has 0 bridgehead atoms. The van der Waals surface area contributed by atoms with E-state index in [1.807, 2.05) is 11.6 Å². The molecule has 1 aromatic rings. The van der Waals surface area contributed by atoms with Gasteiger partial charge in [-0.25, -0.2) is 4.79 Å². The Morgan fingerprint density at radius 2 is 2.04 bits per heavy atom. The molecule has 26 heavy (non-hydrogen) atoms. The van der Waals surface area contributed by atoms with Crippen LogP contribution in [-0.4, -0.2) is 42.2 Å². The Hall–Kier alpha value is -1.40. The lowest BCUT2D eigenvalue weighted by Crippen LogP contribution is -2.32. The highest BCUT2D eigenvalue weighted by molar-refractivity contribution is 5.89. The van der Waals surface area contributed by atoms with Crippen molar-refractivity contribution in [1.29, 1.82) is 0 Å². The van der Waals surface area contributed by atoms with Gasteiger partial charge >= 0.3 is 5.97 Å². The summed E-state index contributed by atoms with van der Waals surface area (Å²) < 4.78 is 18.7. The highest BCUT2D eigenvalue weighted by atomic mass is 16.5. The highest BCUT2D eigenvalue weighted by Gasteiger charge is 2.38. The second-order valence-corrected chi connectivity index (χ2v) is 7.47. The van der Waals surface area contributed by atoms with Crippen LogP contribution in [0.3, 0.4) is 0 Å². The summed E-state index contributed by atoms with van der Waals surface area (Å²) in [5, 5.41) is 4.59. The van der Waals surface area contributed by atoms with Crippen molar-refractivity contribution < 1.29 is 19.0 Å². The Morgan fingerprint density at radius 3 is 2.69 bits per heavy atom. The van der Waals surface area contributed by atoms with E-state index in [2.05, 4.69) is 18.9 Å². The summed E-state index contributed by atoms with van der Waals surface area (Å²) in [7, 11) is 0. The van der Waals surface area contributed by atoms with Crippen LogP contribution in [0.5, 0.6) is 0 Å². The minimum atomic E-state index is -0.300. The first-order valence-electron chi connectivity index (χ1n) is 10.1. The van der Waals surface area contributed by atoms with Crippen molar-refractivity contribution in [2.24, 2.45) is 5.41 Å². The molecular weight excluding hydrogens is 332 g/mol. The van der Waals surface area contributed by atoms with Gasteiger partial charge in [0.05, 0.1) is 38.7 Å². The molecule has 0 aromatic carbocycles. The van der Waals surface area contributed by atoms with Gasteiger partial charge in [0.15, 0.2) is 5.69 Å². The third-order valence-electron chi connectivity index (χ3n) is 6.07. The number of carbonyl (C=O) groups excluding carboxylic acids is 1. The minimum absolute atomic E-state index is 0.278. The summed E-state index contributed by atoms with van der Waals surface area (Å²) >= 11 is 0. The second-order valence-electron chi connectivity index (χ2n) is 7.47. The first-order valence-corrected chi connectivity index (χ1v) is 10.1. The van der Waals surface area contributed by atoms with Gasteiger partial charge in [0.2, 0.25) is 0 Å². The monoisotopic (exact) mass is 364 g/mol. The number of hydrogen-bond donors (Lipinski definition) is 0. The van der Waals surface area contributed by atoms with E-state index in [0.717, 1.165) is 56.6 Å². The zero-order chi connectivity index (χ0) is 18.6. The lowest BCUT2D eigenvalue weighted by molar-refractivity contribution is 0.0188. The lowest BCUT2D eigenvalue weighted by Gasteiger charge is -2.39. The summed E-state index contributed by atoms with van der Waals surface area (Å²) in [4.78, 5) is 12.5. The van der Waals surface area contributed by atoms with Crippen molar-refractivity contribution >= 4 is 5.97 Å². The molecule has 1 aromatic heterocycles. The normalized spacial score (nSPS) is 25.7. The van der Waals surface area contributed by atoms with Gasteiger partial charge in [-0.05, 0) is 57.3 Å². The van der Waals surface area contributed by atoms with E-state index >= 15 is 0 Å². The zero-order valence-electron chi connectivity index (χ0n) is 16.4. The van der Waals surface area contributed by atoms with Gasteiger partial charge in [0.1, 0.15) is 0 Å². The third-order valence-corrected chi connectivity index (χ3v) is 6.07. The van der Waals surface area contributed by atoms with Crippen molar-refractivity contribution in [3.05, 3.63) is 17.0 Å². The molecule has 0 amide bonds. The van der Waals surface area contributed by atoms with Crippen LogP contribution in [0, 0.1) is 5.41 Å². The fourth-order valence-corrected chi connectivity index (χ4v) is 4.38. The Kier molecular flexibility index (Phi) is 6.35. The number of nitrogens with zero attached hydrogens (tertiary/aromatic N) is 2. The molecule has 3 rings (SSSR count). The molecule has 1 fully saturated rings. The number of carbonyl (C=O) groups is 1. The molecule has 6 nitrogen and oxygen atoms in total. The zero-order valence-corrected chi connectivity index (χ0v) is 16.4. The number of esters is 1. The predicted octanol–water partition coefficient (Wildman–Crippen LogP) is 3.68. The number of rotatable bonds is 7. The molecule has 0 saturated heterocycles. The van der Waals surface area contributed by atoms with Gasteiger partial charge in [0, 0.05) is 12.2 Å². The lowest BCUT2D eigenvalue weighted by atomic mass is 9.67. The van der Waals surface area contributed by atoms with Crippen molar-refractivity contribution in [2.45, 2.75) is 71.9 Å². The van der Waals surface area contributed by atoms with Gasteiger partial charge in [-0.1, -0.05) is 6.92 Å². The van der Waals surface area contributed by atoms with Crippen LogP contribution in [0.1, 0.15) is 80.5 Å². The Bertz CT molecular complexity index is 618. The minimum Gasteiger partial charge on any atom is -0.461 e. The molecule has 1 saturated carbocycles. The molecule has 6 heteroatoms. The summed E-state index contributed by atoms with van der Waals surface area (Å²) in [5.41, 5.74) is 2.92. The standard InChI is InChI=1S/C20H32N2O4/c1-4-20(14-24-5-2)9-7-15(8-10-20)17-16-13-25-12-11-22(16)21-18(17)19(23)26-6-3/h15H,4-14H2,1-3H3/t15-,20+. The quantitative estimate of drug-likeness (QED) is 0.691. The van der Waals surface area contributed by atoms with E-state index in [1.54, 1.807) is 0 Å². The third kappa shape index (κ3) is 3.81. The summed E-state index contributed by atoms with van der Waals surface area (Å²) in [5.74, 6) is 0.0483. The largest absolute Gasteiger partial charge is 0.461 e. The molecule has 0 spiro atoms. The molecule has 0 unspecified atom stereocenters. The Balaban J connectivity index is 1.83. The van der Waals surface area contributed by atoms with Crippen molar-refractivity contribution in [3.63, 3.8) is 0 Å². The Labute approximate surface area is 156 Å². The molecule has 2 heterocycles. The molecule has 1 aliphatic carbocycles. The van der Waals surface area contributed by atoms with E-state index in [0.29, 0.717) is 38.0 Å². The number of fused-ring (bicyclic) bond motifs is 1. The van der Waals surface area contributed by atoms with Gasteiger partial charge in [0.25, 0.3) is 0 Å². The van der Waals surface area contributed by atoms with E-state index < -0.39 is 0 Å². The van der Waals surface area contributed by atoms with Crippen molar-refractivity contribution in [2.75, 3.05) is 26.4 Å². The van der Waals surface area contributed by atoms with E-state index in [4.69, 9.17) is 14.2 Å². The highest BCUT2D eigenvalue weighted by Crippen LogP contribution is 2.47. The van der Waals surface area contributed by atoms with E-state index in [-0.39, 0.29) is 11.4 Å². The van der Waals surface area contributed by atoms with Gasteiger partial charge in [-0.3, -0.25) is 4.68 Å². The SMILES string of the molecule is CCOC[C@]1(CC)CC[C@H](c2c(C(=O)OCC)nn3c2COCC3)CC1. The fourth-order valence-electron chi connectivity index (χ4n) is 4.38. The average Bonchev–Trinajstić information content (AvgIpc) is 3.07. The topological polar surface area (TPSA) is 62.6 Å². The van der Waals surface area contributed by atoms with Gasteiger partial charge in [-0.2, -0.15) is 5.10 Å². The number of aromatic nitrogens is 2. The molecule has 2 aliphatic rings. The molecule has 0 atom stereocenters. The first-order chi connectivity index (χ1) is 12.6. The molecule has 1 aliphatic heterocycles. The van der Waals surface area contributed by atoms with E-state index in [9.17, 15) is 4.79 Å². The predicted molar refractivity (Wildman–Crippen MR) is 98.3 cm³/mol. The van der Waals surface area contributed by atoms with Crippen LogP contribution in [0.25, 0.3) is 0 Å². The van der Waals surface area contributed by atoms with Gasteiger partial charge < -0.3 is 14.2 Å². The van der Waals surface area contributed by atoms with E-state index in [1.165, 1.54) is 0 Å². The van der Waals surface area contributed by atoms with Crippen molar-refractivity contribution in [1.82, 2.24) is 9.78 Å². The van der Waals surface area contributed by atoms with Crippen molar-refractivity contribution in [3.8, 4) is 0 Å². The summed E-state index contributed by atoms with van der Waals surface area (Å²) in [6, 6.07) is 0. The fraction of sp³-hybridized carbons (Fsp3) is 0.800. The molecule has 0 radical (unpaired) electrons. The number of ether oxygens (including phenoxy) is 3. The maximum absolute atomic E-state index is 12.5. The maximum atomic E-state index is 12.5. The summed E-state index contributed by atoms with van der Waals surface area (Å²) in [6.45, 7) is 10.0. The second kappa shape index (κ2) is 8.53. The molecular formula is C20H32N2O4. The Morgan fingerprint density at radius 1 is 1.27 bits per heavy atom. The van der Waals surface area contributed by atoms with Crippen LogP contribution < -0.4 is 0 Å². The van der Waals surface area contributed by atoms with Crippen LogP contribution in [-0.2, 0) is 27.4 Å². The summed E-state index contributed by atoms with van der Waals surface area (Å²) in [6.07, 6.45) is 5.52. The van der Waals surface area contributed by atoms with Crippen LogP contribution >= 0.6 is 0 Å². The van der Waals surface area contributed by atoms with Crippen LogP contribution in [0.2, 0.25) is 0 Å². The maximum Gasteiger partial charge on any atom is 0.359 e. The molecule has 146 valence electrons. The average molecular weight is 364 g/mol. The number of hydrogen-bond acceptors (Lipinski definition) is 5. The van der Waals surface area contributed by atoms with Crippen LogP contribution in [0.15, 0.2) is 0 Å². The molecule has 0 N–H and O–H groups in total. The first kappa shape index (κ1) is 19.4. The smallest absolute Gasteiger partial charge is 0.359 e.